The minimum Gasteiger partial charge on any atom is -0.506 e. The normalized spacial score (nSPS) is 30.9. The van der Waals surface area contributed by atoms with E-state index in [-0.39, 0.29) is 22.7 Å². The molecule has 0 aromatic heterocycles. The number of halogens is 1. The van der Waals surface area contributed by atoms with Gasteiger partial charge in [0.25, 0.3) is 5.91 Å². The number of nitrogens with zero attached hydrogens (tertiary/aromatic N) is 1. The summed E-state index contributed by atoms with van der Waals surface area (Å²) in [6.07, 6.45) is 3.89. The highest BCUT2D eigenvalue weighted by molar-refractivity contribution is 6.32. The van der Waals surface area contributed by atoms with Crippen molar-refractivity contribution in [3.63, 3.8) is 0 Å². The number of benzene rings is 1. The molecule has 1 amide bonds. The predicted octanol–water partition coefficient (Wildman–Crippen LogP) is 2.03. The van der Waals surface area contributed by atoms with Gasteiger partial charge in [-0.05, 0) is 43.4 Å². The molecule has 0 bridgehead atoms. The Kier molecular flexibility index (Phi) is 3.95. The smallest absolute Gasteiger partial charge is 0.251 e. The number of phenolic OH excluding ortho intramolecular Hbond substituents is 1. The Hall–Kier alpha value is -1.30. The van der Waals surface area contributed by atoms with Crippen molar-refractivity contribution >= 4 is 17.5 Å². The molecule has 1 aromatic rings. The van der Waals surface area contributed by atoms with Crippen molar-refractivity contribution in [1.29, 1.82) is 0 Å². The molecule has 0 radical (unpaired) electrons. The minimum absolute atomic E-state index is 0.0659. The van der Waals surface area contributed by atoms with E-state index in [0.29, 0.717) is 17.7 Å². The number of hydrogen-bond donors (Lipinski definition) is 2. The number of rotatable bonds is 3. The van der Waals surface area contributed by atoms with Gasteiger partial charge in [-0.2, -0.15) is 0 Å². The van der Waals surface area contributed by atoms with Crippen molar-refractivity contribution in [3.05, 3.63) is 28.8 Å². The van der Waals surface area contributed by atoms with E-state index in [2.05, 4.69) is 10.2 Å². The van der Waals surface area contributed by atoms with Gasteiger partial charge in [0, 0.05) is 30.7 Å². The molecule has 1 saturated carbocycles. The van der Waals surface area contributed by atoms with Crippen LogP contribution in [0.2, 0.25) is 5.02 Å². The number of nitrogens with one attached hydrogen (secondary N) is 1. The van der Waals surface area contributed by atoms with Crippen molar-refractivity contribution in [2.75, 3.05) is 19.7 Å². The SMILES string of the molecule is O=C(N[C@H]1C[C@H]2CO[C@H](C3CC3)CN2C1)c1ccc(Cl)c(O)c1. The largest absolute Gasteiger partial charge is 0.506 e. The highest BCUT2D eigenvalue weighted by Crippen LogP contribution is 2.37. The summed E-state index contributed by atoms with van der Waals surface area (Å²) in [5, 5.41) is 12.9. The number of ether oxygens (including phenoxy) is 1. The lowest BCUT2D eigenvalue weighted by Crippen LogP contribution is -2.47. The van der Waals surface area contributed by atoms with Gasteiger partial charge in [0.1, 0.15) is 5.75 Å². The summed E-state index contributed by atoms with van der Waals surface area (Å²) in [5.74, 6) is 0.520. The molecule has 5 nitrogen and oxygen atoms in total. The lowest BCUT2D eigenvalue weighted by atomic mass is 10.1. The molecule has 3 atom stereocenters. The Morgan fingerprint density at radius 2 is 2.17 bits per heavy atom. The van der Waals surface area contributed by atoms with E-state index >= 15 is 0 Å². The van der Waals surface area contributed by atoms with Crippen molar-refractivity contribution in [3.8, 4) is 5.75 Å². The topological polar surface area (TPSA) is 61.8 Å². The van der Waals surface area contributed by atoms with Crippen LogP contribution in [0.4, 0.5) is 0 Å². The number of carbonyl (C=O) groups excluding carboxylic acids is 1. The van der Waals surface area contributed by atoms with Crippen LogP contribution in [0.3, 0.4) is 0 Å². The van der Waals surface area contributed by atoms with Crippen LogP contribution in [0.15, 0.2) is 18.2 Å². The molecular weight excluding hydrogens is 316 g/mol. The maximum Gasteiger partial charge on any atom is 0.251 e. The van der Waals surface area contributed by atoms with Crippen molar-refractivity contribution in [2.24, 2.45) is 5.92 Å². The highest BCUT2D eigenvalue weighted by Gasteiger charge is 2.42. The monoisotopic (exact) mass is 336 g/mol. The van der Waals surface area contributed by atoms with Crippen molar-refractivity contribution in [1.82, 2.24) is 10.2 Å². The average molecular weight is 337 g/mol. The van der Waals surface area contributed by atoms with Crippen LogP contribution >= 0.6 is 11.6 Å². The van der Waals surface area contributed by atoms with E-state index in [0.717, 1.165) is 32.0 Å². The summed E-state index contributed by atoms with van der Waals surface area (Å²) in [7, 11) is 0. The van der Waals surface area contributed by atoms with E-state index in [1.807, 2.05) is 0 Å². The van der Waals surface area contributed by atoms with Gasteiger partial charge in [-0.3, -0.25) is 9.69 Å². The summed E-state index contributed by atoms with van der Waals surface area (Å²) >= 11 is 5.78. The van der Waals surface area contributed by atoms with Gasteiger partial charge < -0.3 is 15.2 Å². The van der Waals surface area contributed by atoms with Crippen LogP contribution in [0, 0.1) is 5.92 Å². The number of aromatic hydroxyl groups is 1. The molecule has 2 aliphatic heterocycles. The molecule has 1 aromatic carbocycles. The molecule has 3 fully saturated rings. The van der Waals surface area contributed by atoms with Crippen LogP contribution in [0.1, 0.15) is 29.6 Å². The molecule has 4 rings (SSSR count). The second-order valence-corrected chi connectivity index (χ2v) is 7.30. The summed E-state index contributed by atoms with van der Waals surface area (Å²) in [6, 6.07) is 5.12. The fourth-order valence-electron chi connectivity index (χ4n) is 3.68. The lowest BCUT2D eigenvalue weighted by Gasteiger charge is -2.35. The summed E-state index contributed by atoms with van der Waals surface area (Å²) in [5.41, 5.74) is 0.434. The third-order valence-electron chi connectivity index (χ3n) is 5.14. The Bertz CT molecular complexity index is 620. The van der Waals surface area contributed by atoms with Gasteiger partial charge in [-0.15, -0.1) is 0 Å². The molecule has 3 aliphatic rings. The lowest BCUT2D eigenvalue weighted by molar-refractivity contribution is -0.0581. The van der Waals surface area contributed by atoms with Gasteiger partial charge >= 0.3 is 0 Å². The first kappa shape index (κ1) is 15.2. The zero-order valence-electron chi connectivity index (χ0n) is 12.9. The number of carbonyl (C=O) groups is 1. The quantitative estimate of drug-likeness (QED) is 0.886. The van der Waals surface area contributed by atoms with Gasteiger partial charge in [-0.1, -0.05) is 11.6 Å². The molecule has 124 valence electrons. The first-order valence-electron chi connectivity index (χ1n) is 8.25. The highest BCUT2D eigenvalue weighted by atomic mass is 35.5. The summed E-state index contributed by atoms with van der Waals surface area (Å²) in [4.78, 5) is 14.8. The third kappa shape index (κ3) is 3.18. The minimum atomic E-state index is -0.165. The van der Waals surface area contributed by atoms with E-state index in [1.54, 1.807) is 6.07 Å². The first-order valence-corrected chi connectivity index (χ1v) is 8.63. The Morgan fingerprint density at radius 1 is 1.35 bits per heavy atom. The van der Waals surface area contributed by atoms with E-state index in [9.17, 15) is 9.90 Å². The predicted molar refractivity (Wildman–Crippen MR) is 86.8 cm³/mol. The second-order valence-electron chi connectivity index (χ2n) is 6.89. The van der Waals surface area contributed by atoms with Gasteiger partial charge in [0.2, 0.25) is 0 Å². The van der Waals surface area contributed by atoms with E-state index in [1.165, 1.54) is 25.0 Å². The van der Waals surface area contributed by atoms with Crippen LogP contribution in [0.25, 0.3) is 0 Å². The first-order chi connectivity index (χ1) is 11.1. The number of hydrogen-bond acceptors (Lipinski definition) is 4. The van der Waals surface area contributed by atoms with Crippen molar-refractivity contribution in [2.45, 2.75) is 37.5 Å². The Labute approximate surface area is 140 Å². The van der Waals surface area contributed by atoms with Crippen LogP contribution < -0.4 is 5.32 Å². The maximum absolute atomic E-state index is 12.3. The number of fused-ring (bicyclic) bond motifs is 1. The number of phenols is 1. The van der Waals surface area contributed by atoms with E-state index < -0.39 is 0 Å². The zero-order chi connectivity index (χ0) is 16.0. The molecule has 2 N–H and O–H groups in total. The Morgan fingerprint density at radius 3 is 2.91 bits per heavy atom. The summed E-state index contributed by atoms with van der Waals surface area (Å²) < 4.78 is 5.98. The molecule has 1 aliphatic carbocycles. The molecule has 23 heavy (non-hydrogen) atoms. The second kappa shape index (κ2) is 5.96. The van der Waals surface area contributed by atoms with Gasteiger partial charge in [0.05, 0.1) is 17.7 Å². The number of amides is 1. The Balaban J connectivity index is 1.36. The molecule has 2 saturated heterocycles. The molecule has 6 heteroatoms. The van der Waals surface area contributed by atoms with E-state index in [4.69, 9.17) is 16.3 Å². The van der Waals surface area contributed by atoms with Crippen molar-refractivity contribution < 1.29 is 14.6 Å². The maximum atomic E-state index is 12.3. The van der Waals surface area contributed by atoms with Gasteiger partial charge in [0.15, 0.2) is 0 Å². The van der Waals surface area contributed by atoms with Crippen LogP contribution in [-0.4, -0.2) is 53.8 Å². The van der Waals surface area contributed by atoms with Gasteiger partial charge in [-0.25, -0.2) is 0 Å². The fraction of sp³-hybridized carbons (Fsp3) is 0.588. The molecule has 0 spiro atoms. The summed E-state index contributed by atoms with van der Waals surface area (Å²) in [6.45, 7) is 2.64. The zero-order valence-corrected chi connectivity index (χ0v) is 13.6. The average Bonchev–Trinajstić information content (AvgIpc) is 3.30. The third-order valence-corrected chi connectivity index (χ3v) is 5.46. The molecular formula is C17H21ClN2O3. The molecule has 0 unspecified atom stereocenters. The van der Waals surface area contributed by atoms with Crippen LogP contribution in [0.5, 0.6) is 5.75 Å². The number of morpholine rings is 1. The standard InChI is InChI=1S/C17H21ClN2O3/c18-14-4-3-11(5-15(14)21)17(22)19-12-6-13-9-23-16(10-1-2-10)8-20(13)7-12/h3-5,10,12-13,16,21H,1-2,6-9H2,(H,19,22)/t12-,13-,16-/m0/s1. The van der Waals surface area contributed by atoms with Crippen LogP contribution in [-0.2, 0) is 4.74 Å². The molecule has 2 heterocycles. The fourth-order valence-corrected chi connectivity index (χ4v) is 3.80.